The molecule has 3 rings (SSSR count). The molecule has 0 bridgehead atoms. The van der Waals surface area contributed by atoms with Gasteiger partial charge >= 0.3 is 6.09 Å². The van der Waals surface area contributed by atoms with Gasteiger partial charge in [-0.15, -0.1) is 0 Å². The number of rotatable bonds is 7. The van der Waals surface area contributed by atoms with Crippen LogP contribution in [0.4, 0.5) is 10.7 Å². The van der Waals surface area contributed by atoms with Crippen molar-refractivity contribution in [3.8, 4) is 22.4 Å². The lowest BCUT2D eigenvalue weighted by Gasteiger charge is -2.19. The normalized spacial score (nSPS) is 11.2. The van der Waals surface area contributed by atoms with Crippen LogP contribution >= 0.6 is 0 Å². The van der Waals surface area contributed by atoms with Gasteiger partial charge in [-0.25, -0.2) is 4.79 Å². The first-order valence-electron chi connectivity index (χ1n) is 10.0. The molecule has 0 aliphatic heterocycles. The first-order chi connectivity index (χ1) is 14.7. The Balaban J connectivity index is 1.46. The number of carbonyl (C=O) groups is 2. The van der Waals surface area contributed by atoms with Crippen LogP contribution in [0.15, 0.2) is 47.2 Å². The summed E-state index contributed by atoms with van der Waals surface area (Å²) in [4.78, 5) is 23.7. The van der Waals surface area contributed by atoms with E-state index in [9.17, 15) is 9.59 Å². The van der Waals surface area contributed by atoms with Crippen LogP contribution in [-0.2, 0) is 16.6 Å². The third-order valence-electron chi connectivity index (χ3n) is 4.24. The van der Waals surface area contributed by atoms with E-state index >= 15 is 0 Å². The van der Waals surface area contributed by atoms with E-state index in [1.807, 2.05) is 43.7 Å². The number of aryl methyl sites for hydroxylation is 1. The lowest BCUT2D eigenvalue weighted by Crippen LogP contribution is -2.33. The van der Waals surface area contributed by atoms with Crippen LogP contribution in [0.5, 0.6) is 0 Å². The van der Waals surface area contributed by atoms with Crippen LogP contribution in [0.2, 0.25) is 0 Å². The minimum absolute atomic E-state index is 0.222. The van der Waals surface area contributed by atoms with E-state index in [-0.39, 0.29) is 18.2 Å². The monoisotopic (exact) mass is 425 g/mol. The highest BCUT2D eigenvalue weighted by Gasteiger charge is 2.16. The molecule has 2 amide bonds. The van der Waals surface area contributed by atoms with Crippen molar-refractivity contribution in [3.05, 3.63) is 42.7 Å². The van der Waals surface area contributed by atoms with Crippen molar-refractivity contribution in [2.75, 3.05) is 11.9 Å². The maximum Gasteiger partial charge on any atom is 0.407 e. The number of nitrogens with zero attached hydrogens (tertiary/aromatic N) is 3. The van der Waals surface area contributed by atoms with Crippen LogP contribution in [-0.4, -0.2) is 39.1 Å². The van der Waals surface area contributed by atoms with Gasteiger partial charge in [-0.05, 0) is 32.8 Å². The molecule has 0 radical (unpaired) electrons. The maximum absolute atomic E-state index is 12.1. The molecule has 0 unspecified atom stereocenters. The van der Waals surface area contributed by atoms with E-state index in [4.69, 9.17) is 9.26 Å². The van der Waals surface area contributed by atoms with Gasteiger partial charge in [0.1, 0.15) is 11.3 Å². The molecule has 0 saturated heterocycles. The van der Waals surface area contributed by atoms with E-state index in [1.54, 1.807) is 31.5 Å². The molecular weight excluding hydrogens is 398 g/mol. The van der Waals surface area contributed by atoms with E-state index in [0.29, 0.717) is 18.7 Å². The Kier molecular flexibility index (Phi) is 6.74. The third-order valence-corrected chi connectivity index (χ3v) is 4.24. The molecule has 31 heavy (non-hydrogen) atoms. The van der Waals surface area contributed by atoms with Crippen molar-refractivity contribution in [3.63, 3.8) is 0 Å². The highest BCUT2D eigenvalue weighted by molar-refractivity contribution is 5.89. The summed E-state index contributed by atoms with van der Waals surface area (Å²) in [5, 5.41) is 13.5. The van der Waals surface area contributed by atoms with Crippen LogP contribution in [0.25, 0.3) is 22.4 Å². The van der Waals surface area contributed by atoms with Crippen LogP contribution < -0.4 is 10.6 Å². The number of nitrogens with one attached hydrogen (secondary N) is 2. The summed E-state index contributed by atoms with van der Waals surface area (Å²) in [7, 11) is 1.88. The number of alkyl carbamates (subject to hydrolysis) is 1. The van der Waals surface area contributed by atoms with Gasteiger partial charge in [0.2, 0.25) is 11.8 Å². The predicted molar refractivity (Wildman–Crippen MR) is 116 cm³/mol. The first kappa shape index (κ1) is 22.1. The highest BCUT2D eigenvalue weighted by atomic mass is 16.6. The minimum Gasteiger partial charge on any atom is -0.444 e. The van der Waals surface area contributed by atoms with Gasteiger partial charge in [0, 0.05) is 43.4 Å². The van der Waals surface area contributed by atoms with E-state index in [2.05, 4.69) is 20.9 Å². The fourth-order valence-corrected chi connectivity index (χ4v) is 2.83. The van der Waals surface area contributed by atoms with E-state index < -0.39 is 11.7 Å². The zero-order valence-electron chi connectivity index (χ0n) is 18.1. The SMILES string of the molecule is Cn1cc(-c2ccc(-c3cc(NC(=O)CCCNC(=O)OC(C)(C)C)on3)cc2)cn1. The molecule has 9 heteroatoms. The van der Waals surface area contributed by atoms with Gasteiger partial charge in [-0.1, -0.05) is 29.4 Å². The molecule has 0 aliphatic carbocycles. The summed E-state index contributed by atoms with van der Waals surface area (Å²) >= 11 is 0. The Bertz CT molecular complexity index is 1030. The molecule has 2 heterocycles. The van der Waals surface area contributed by atoms with Crippen molar-refractivity contribution in [2.45, 2.75) is 39.2 Å². The lowest BCUT2D eigenvalue weighted by molar-refractivity contribution is -0.116. The standard InChI is InChI=1S/C22H27N5O4/c1-22(2,3)30-21(29)23-11-5-6-19(28)25-20-12-18(26-31-20)16-9-7-15(8-10-16)17-13-24-27(4)14-17/h7-10,12-14H,5-6,11H2,1-4H3,(H,23,29)(H,25,28). The van der Waals surface area contributed by atoms with Crippen LogP contribution in [0, 0.1) is 0 Å². The molecule has 1 aromatic carbocycles. The van der Waals surface area contributed by atoms with Gasteiger partial charge in [0.15, 0.2) is 0 Å². The minimum atomic E-state index is -0.551. The van der Waals surface area contributed by atoms with Gasteiger partial charge in [-0.3, -0.25) is 14.8 Å². The Morgan fingerprint density at radius 3 is 2.48 bits per heavy atom. The van der Waals surface area contributed by atoms with Crippen molar-refractivity contribution < 1.29 is 18.8 Å². The number of anilines is 1. The number of amides is 2. The fourth-order valence-electron chi connectivity index (χ4n) is 2.83. The number of ether oxygens (including phenoxy) is 1. The van der Waals surface area contributed by atoms with Crippen molar-refractivity contribution in [1.82, 2.24) is 20.3 Å². The Morgan fingerprint density at radius 2 is 1.84 bits per heavy atom. The number of carbonyl (C=O) groups excluding carboxylic acids is 2. The van der Waals surface area contributed by atoms with Crippen LogP contribution in [0.1, 0.15) is 33.6 Å². The molecule has 2 N–H and O–H groups in total. The first-order valence-corrected chi connectivity index (χ1v) is 10.0. The van der Waals surface area contributed by atoms with Crippen LogP contribution in [0.3, 0.4) is 0 Å². The summed E-state index contributed by atoms with van der Waals surface area (Å²) in [5.41, 5.74) is 3.03. The third kappa shape index (κ3) is 6.70. The van der Waals surface area contributed by atoms with Gasteiger partial charge in [0.05, 0.1) is 6.20 Å². The van der Waals surface area contributed by atoms with E-state index in [1.165, 1.54) is 0 Å². The molecule has 3 aromatic rings. The number of hydrogen-bond donors (Lipinski definition) is 2. The fraction of sp³-hybridized carbons (Fsp3) is 0.364. The van der Waals surface area contributed by atoms with Crippen molar-refractivity contribution in [1.29, 1.82) is 0 Å². The molecule has 0 atom stereocenters. The second-order valence-electron chi connectivity index (χ2n) is 8.14. The maximum atomic E-state index is 12.1. The molecule has 0 saturated carbocycles. The molecule has 0 fully saturated rings. The largest absolute Gasteiger partial charge is 0.444 e. The molecule has 2 aromatic heterocycles. The number of benzene rings is 1. The summed E-state index contributed by atoms with van der Waals surface area (Å²) < 4.78 is 12.1. The Hall–Kier alpha value is -3.62. The quantitative estimate of drug-likeness (QED) is 0.554. The van der Waals surface area contributed by atoms with Gasteiger partial charge < -0.3 is 14.6 Å². The topological polar surface area (TPSA) is 111 Å². The predicted octanol–water partition coefficient (Wildman–Crippen LogP) is 3.99. The molecule has 0 spiro atoms. The Labute approximate surface area is 180 Å². The number of aromatic nitrogens is 3. The van der Waals surface area contributed by atoms with Crippen molar-refractivity contribution in [2.24, 2.45) is 7.05 Å². The second kappa shape index (κ2) is 9.46. The highest BCUT2D eigenvalue weighted by Crippen LogP contribution is 2.25. The second-order valence-corrected chi connectivity index (χ2v) is 8.14. The zero-order valence-corrected chi connectivity index (χ0v) is 18.1. The molecular formula is C22H27N5O4. The van der Waals surface area contributed by atoms with E-state index in [0.717, 1.165) is 16.7 Å². The molecule has 0 aliphatic rings. The summed E-state index contributed by atoms with van der Waals surface area (Å²) in [6, 6.07) is 9.52. The zero-order chi connectivity index (χ0) is 22.4. The number of hydrogen-bond acceptors (Lipinski definition) is 6. The van der Waals surface area contributed by atoms with Gasteiger partial charge in [-0.2, -0.15) is 5.10 Å². The summed E-state index contributed by atoms with van der Waals surface area (Å²) in [6.45, 7) is 5.72. The molecule has 9 nitrogen and oxygen atoms in total. The Morgan fingerprint density at radius 1 is 1.13 bits per heavy atom. The average molecular weight is 425 g/mol. The molecule has 164 valence electrons. The van der Waals surface area contributed by atoms with Crippen molar-refractivity contribution >= 4 is 17.9 Å². The van der Waals surface area contributed by atoms with Gasteiger partial charge in [0.25, 0.3) is 0 Å². The summed E-state index contributed by atoms with van der Waals surface area (Å²) in [6.07, 6.45) is 3.96. The summed E-state index contributed by atoms with van der Waals surface area (Å²) in [5.74, 6) is 0.0528. The average Bonchev–Trinajstić information content (AvgIpc) is 3.33. The smallest absolute Gasteiger partial charge is 0.407 e. The lowest BCUT2D eigenvalue weighted by atomic mass is 10.1.